The lowest BCUT2D eigenvalue weighted by molar-refractivity contribution is -0.134. The number of hydrogen-bond acceptors (Lipinski definition) is 7. The number of hydrogen-bond donors (Lipinski definition) is 1. The Morgan fingerprint density at radius 1 is 1.27 bits per heavy atom. The molecule has 3 fully saturated rings. The Bertz CT molecular complexity index is 1210. The predicted octanol–water partition coefficient (Wildman–Crippen LogP) is 4.48. The summed E-state index contributed by atoms with van der Waals surface area (Å²) >= 11 is 0. The van der Waals surface area contributed by atoms with Crippen molar-refractivity contribution in [3.63, 3.8) is 0 Å². The molecular formula is C33H47N5O6. The number of carbonyl (C=O) groups is 4. The summed E-state index contributed by atoms with van der Waals surface area (Å²) in [7, 11) is 1.55. The van der Waals surface area contributed by atoms with Gasteiger partial charge in [0, 0.05) is 65.2 Å². The average Bonchev–Trinajstić information content (AvgIpc) is 3.61. The number of aromatic nitrogens is 1. The third kappa shape index (κ3) is 10.0. The maximum atomic E-state index is 13.7. The molecule has 11 heteroatoms. The second kappa shape index (κ2) is 17.3. The molecular weight excluding hydrogens is 562 g/mol. The van der Waals surface area contributed by atoms with E-state index >= 15 is 0 Å². The third-order valence-corrected chi connectivity index (χ3v) is 8.12. The maximum Gasteiger partial charge on any atom is 0.326 e. The number of carboxylic acids is 1. The summed E-state index contributed by atoms with van der Waals surface area (Å²) in [5.74, 6) is 0.414. The highest BCUT2D eigenvalue weighted by Crippen LogP contribution is 2.32. The van der Waals surface area contributed by atoms with Crippen molar-refractivity contribution in [3.8, 4) is 0 Å². The van der Waals surface area contributed by atoms with Crippen molar-refractivity contribution in [1.29, 1.82) is 0 Å². The van der Waals surface area contributed by atoms with Crippen LogP contribution >= 0.6 is 0 Å². The van der Waals surface area contributed by atoms with Gasteiger partial charge in [-0.05, 0) is 55.4 Å². The molecule has 44 heavy (non-hydrogen) atoms. The Labute approximate surface area is 260 Å². The normalized spacial score (nSPS) is 22.2. The van der Waals surface area contributed by atoms with Crippen LogP contribution in [0.15, 0.2) is 60.7 Å². The number of carbonyl (C=O) groups excluding carboxylic acids is 3. The quantitative estimate of drug-likeness (QED) is 0.368. The lowest BCUT2D eigenvalue weighted by Crippen LogP contribution is -2.51. The molecule has 4 rings (SSSR count). The van der Waals surface area contributed by atoms with Crippen molar-refractivity contribution in [2.45, 2.75) is 64.8 Å². The van der Waals surface area contributed by atoms with E-state index in [4.69, 9.17) is 14.6 Å². The van der Waals surface area contributed by atoms with Gasteiger partial charge in [0.15, 0.2) is 0 Å². The van der Waals surface area contributed by atoms with Gasteiger partial charge in [-0.25, -0.2) is 4.79 Å². The molecule has 0 spiro atoms. The molecule has 1 N–H and O–H groups in total. The van der Waals surface area contributed by atoms with Gasteiger partial charge < -0.3 is 19.6 Å². The van der Waals surface area contributed by atoms with Crippen LogP contribution < -0.4 is 4.90 Å². The Balaban J connectivity index is 0.00000124. The maximum absolute atomic E-state index is 13.7. The highest BCUT2D eigenvalue weighted by atomic mass is 16.5. The van der Waals surface area contributed by atoms with Crippen LogP contribution in [-0.2, 0) is 19.1 Å². The van der Waals surface area contributed by atoms with E-state index in [-0.39, 0.29) is 23.9 Å². The zero-order valence-electron chi connectivity index (χ0n) is 26.3. The Hall–Kier alpha value is -3.99. The van der Waals surface area contributed by atoms with Gasteiger partial charge in [0.25, 0.3) is 5.97 Å². The van der Waals surface area contributed by atoms with E-state index in [2.05, 4.69) is 29.5 Å². The van der Waals surface area contributed by atoms with Gasteiger partial charge in [-0.1, -0.05) is 32.1 Å². The molecule has 3 aliphatic heterocycles. The molecule has 2 atom stereocenters. The lowest BCUT2D eigenvalue weighted by atomic mass is 9.98. The van der Waals surface area contributed by atoms with E-state index in [0.717, 1.165) is 63.4 Å². The molecule has 3 saturated heterocycles. The fourth-order valence-electron chi connectivity index (χ4n) is 5.83. The number of allylic oxidation sites excluding steroid dienone is 4. The monoisotopic (exact) mass is 609 g/mol. The number of rotatable bonds is 12. The van der Waals surface area contributed by atoms with Gasteiger partial charge in [-0.3, -0.25) is 29.2 Å². The molecule has 4 heterocycles. The average molecular weight is 610 g/mol. The van der Waals surface area contributed by atoms with Crippen molar-refractivity contribution in [1.82, 2.24) is 19.7 Å². The van der Waals surface area contributed by atoms with E-state index in [1.165, 1.54) is 10.5 Å². The van der Waals surface area contributed by atoms with E-state index < -0.39 is 5.97 Å². The minimum absolute atomic E-state index is 0.0743. The molecule has 4 amide bonds. The predicted molar refractivity (Wildman–Crippen MR) is 169 cm³/mol. The first-order chi connectivity index (χ1) is 21.1. The second-order valence-corrected chi connectivity index (χ2v) is 11.4. The van der Waals surface area contributed by atoms with Crippen LogP contribution in [0.1, 0.15) is 58.8 Å². The first-order valence-corrected chi connectivity index (χ1v) is 15.5. The number of ether oxygens (including phenoxy) is 1. The van der Waals surface area contributed by atoms with E-state index in [1.54, 1.807) is 30.4 Å². The largest absolute Gasteiger partial charge is 0.493 e. The standard InChI is InChI=1S/C31H43N5O4.C2H4O2/c1-4-6-16-36(27-9-7-15-32-21-27)30(38)23-35-22-24(10-11-25-14-19-40-28(25)8-5-2)20-26(35)12-17-34-18-13-29(37)33(3)31(34)39;1-2(3)4/h5,7-9,11,15,21,24,26H,2,4,6,10,12-14,16-20,22-23H2,1,3H3;1H3,(H,3,4)/b25-11-,28-8+;/t24-,26+;/m1./s1. The molecule has 3 aliphatic rings. The van der Waals surface area contributed by atoms with Gasteiger partial charge >= 0.3 is 6.03 Å². The second-order valence-electron chi connectivity index (χ2n) is 11.4. The SMILES string of the molecule is C=C/C=C1/OCC/C1=C/C[C@@H]1C[C@H](CCN2CCC(=O)N(C)C2=O)N(CC(=O)N(CCCC)c2cccnc2)C1.CC(=O)O. The summed E-state index contributed by atoms with van der Waals surface area (Å²) < 4.78 is 5.74. The smallest absolute Gasteiger partial charge is 0.326 e. The molecule has 1 aromatic rings. The van der Waals surface area contributed by atoms with E-state index in [0.29, 0.717) is 45.1 Å². The summed E-state index contributed by atoms with van der Waals surface area (Å²) in [5.41, 5.74) is 2.05. The Morgan fingerprint density at radius 2 is 2.05 bits per heavy atom. The molecule has 240 valence electrons. The van der Waals surface area contributed by atoms with Crippen molar-refractivity contribution >= 4 is 29.5 Å². The number of urea groups is 1. The number of nitrogens with zero attached hydrogens (tertiary/aromatic N) is 5. The van der Waals surface area contributed by atoms with Crippen LogP contribution in [0.3, 0.4) is 0 Å². The van der Waals surface area contributed by atoms with Crippen molar-refractivity contribution in [2.75, 3.05) is 51.3 Å². The first kappa shape index (κ1) is 34.5. The van der Waals surface area contributed by atoms with Crippen molar-refractivity contribution in [3.05, 3.63) is 60.7 Å². The zero-order valence-corrected chi connectivity index (χ0v) is 26.3. The van der Waals surface area contributed by atoms with Gasteiger partial charge in [0.2, 0.25) is 11.8 Å². The minimum atomic E-state index is -0.833. The molecule has 0 saturated carbocycles. The number of unbranched alkanes of at least 4 members (excludes halogenated alkanes) is 1. The number of amides is 4. The van der Waals surface area contributed by atoms with Crippen LogP contribution in [0.5, 0.6) is 0 Å². The minimum Gasteiger partial charge on any atom is -0.493 e. The Morgan fingerprint density at radius 3 is 2.73 bits per heavy atom. The summed E-state index contributed by atoms with van der Waals surface area (Å²) in [4.78, 5) is 58.6. The fraction of sp³-hybridized carbons (Fsp3) is 0.545. The number of anilines is 1. The highest BCUT2D eigenvalue weighted by Gasteiger charge is 2.36. The Kier molecular flexibility index (Phi) is 13.6. The third-order valence-electron chi connectivity index (χ3n) is 8.12. The molecule has 0 aromatic carbocycles. The molecule has 0 unspecified atom stereocenters. The van der Waals surface area contributed by atoms with Crippen LogP contribution in [0.2, 0.25) is 0 Å². The summed E-state index contributed by atoms with van der Waals surface area (Å²) in [6.45, 7) is 10.5. The number of pyridine rings is 1. The number of likely N-dealkylation sites (tertiary alicyclic amines) is 1. The van der Waals surface area contributed by atoms with Gasteiger partial charge in [0.1, 0.15) is 5.76 Å². The molecule has 0 bridgehead atoms. The summed E-state index contributed by atoms with van der Waals surface area (Å²) in [6.07, 6.45) is 15.2. The zero-order chi connectivity index (χ0) is 32.1. The molecule has 1 aromatic heterocycles. The van der Waals surface area contributed by atoms with Crippen molar-refractivity contribution in [2.24, 2.45) is 5.92 Å². The van der Waals surface area contributed by atoms with Gasteiger partial charge in [-0.15, -0.1) is 0 Å². The van der Waals surface area contributed by atoms with Crippen LogP contribution in [0.25, 0.3) is 0 Å². The molecule has 11 nitrogen and oxygen atoms in total. The lowest BCUT2D eigenvalue weighted by Gasteiger charge is -2.34. The number of aliphatic carboxylic acids is 1. The fourth-order valence-corrected chi connectivity index (χ4v) is 5.83. The van der Waals surface area contributed by atoms with Gasteiger partial charge in [0.05, 0.1) is 25.0 Å². The number of carboxylic acid groups (broad SMARTS) is 1. The summed E-state index contributed by atoms with van der Waals surface area (Å²) in [6, 6.07) is 3.74. The van der Waals surface area contributed by atoms with E-state index in [1.807, 2.05) is 23.1 Å². The van der Waals surface area contributed by atoms with Crippen LogP contribution in [-0.4, -0.2) is 101 Å². The topological polar surface area (TPSA) is 124 Å². The summed E-state index contributed by atoms with van der Waals surface area (Å²) in [5, 5.41) is 7.42. The molecule has 0 radical (unpaired) electrons. The van der Waals surface area contributed by atoms with Crippen LogP contribution in [0, 0.1) is 5.92 Å². The van der Waals surface area contributed by atoms with Crippen LogP contribution in [0.4, 0.5) is 10.5 Å². The highest BCUT2D eigenvalue weighted by molar-refractivity contribution is 5.96. The van der Waals surface area contributed by atoms with Crippen molar-refractivity contribution < 1.29 is 29.0 Å². The number of imide groups is 1. The van der Waals surface area contributed by atoms with E-state index in [9.17, 15) is 14.4 Å². The first-order valence-electron chi connectivity index (χ1n) is 15.5. The molecule has 0 aliphatic carbocycles. The van der Waals surface area contributed by atoms with Gasteiger partial charge in [-0.2, -0.15) is 0 Å².